The lowest BCUT2D eigenvalue weighted by atomic mass is 9.89. The Morgan fingerprint density at radius 3 is 2.78 bits per heavy atom. The highest BCUT2D eigenvalue weighted by molar-refractivity contribution is 7.89. The number of nitrogens with zero attached hydrogens (tertiary/aromatic N) is 2. The predicted molar refractivity (Wildman–Crippen MR) is 120 cm³/mol. The first kappa shape index (κ1) is 22.9. The number of rotatable bonds is 6. The van der Waals surface area contributed by atoms with E-state index in [0.717, 1.165) is 48.2 Å². The minimum absolute atomic E-state index is 0.0263. The number of esters is 1. The largest absolute Gasteiger partial charge is 0.465 e. The molecule has 3 heterocycles. The summed E-state index contributed by atoms with van der Waals surface area (Å²) in [5, 5.41) is 0. The molecular weight excluding hydrogens is 428 g/mol. The van der Waals surface area contributed by atoms with Gasteiger partial charge in [-0.3, -0.25) is 4.98 Å². The zero-order valence-corrected chi connectivity index (χ0v) is 19.7. The molecule has 0 radical (unpaired) electrons. The number of aryl methyl sites for hydroxylation is 1. The molecule has 0 fully saturated rings. The molecule has 0 amide bonds. The molecule has 1 aromatic carbocycles. The quantitative estimate of drug-likeness (QED) is 0.617. The summed E-state index contributed by atoms with van der Waals surface area (Å²) in [5.41, 5.74) is 5.44. The summed E-state index contributed by atoms with van der Waals surface area (Å²) in [5.74, 6) is -0.663. The Hall–Kier alpha value is -2.29. The minimum Gasteiger partial charge on any atom is -0.465 e. The van der Waals surface area contributed by atoms with Gasteiger partial charge in [-0.2, -0.15) is 4.31 Å². The van der Waals surface area contributed by atoms with Crippen LogP contribution in [0.25, 0.3) is 0 Å². The number of fused-ring (bicyclic) bond motifs is 3. The van der Waals surface area contributed by atoms with Gasteiger partial charge < -0.3 is 9.47 Å². The van der Waals surface area contributed by atoms with Crippen molar-refractivity contribution in [3.05, 3.63) is 57.9 Å². The zero-order chi connectivity index (χ0) is 22.9. The lowest BCUT2D eigenvalue weighted by molar-refractivity contribution is 0.0395. The third-order valence-electron chi connectivity index (χ3n) is 6.31. The van der Waals surface area contributed by atoms with Crippen molar-refractivity contribution in [3.63, 3.8) is 0 Å². The Bertz CT molecular complexity index is 1130. The van der Waals surface area contributed by atoms with E-state index in [1.54, 1.807) is 12.1 Å². The number of methoxy groups -OCH3 is 1. The van der Waals surface area contributed by atoms with Gasteiger partial charge in [-0.05, 0) is 48.6 Å². The molecule has 172 valence electrons. The Kier molecular flexibility index (Phi) is 6.65. The SMILES string of the molecule is CCCCc1nc2c(c3c1C[C@H](C)OC3)CN(S(=O)(=O)c1ccccc1C(=O)OC)CC2. The lowest BCUT2D eigenvalue weighted by Gasteiger charge is -2.33. The first-order valence-corrected chi connectivity index (χ1v) is 12.6. The van der Waals surface area contributed by atoms with Crippen LogP contribution in [-0.4, -0.2) is 43.4 Å². The first-order chi connectivity index (χ1) is 15.4. The molecule has 1 atom stereocenters. The predicted octanol–water partition coefficient (Wildman–Crippen LogP) is 3.42. The Morgan fingerprint density at radius 1 is 1.25 bits per heavy atom. The molecule has 0 bridgehead atoms. The van der Waals surface area contributed by atoms with Gasteiger partial charge in [-0.15, -0.1) is 0 Å². The number of carbonyl (C=O) groups excluding carboxylic acids is 1. The van der Waals surface area contributed by atoms with Gasteiger partial charge in [0.25, 0.3) is 0 Å². The molecule has 8 heteroatoms. The van der Waals surface area contributed by atoms with E-state index in [1.807, 2.05) is 0 Å². The van der Waals surface area contributed by atoms with Crippen LogP contribution in [0.2, 0.25) is 0 Å². The van der Waals surface area contributed by atoms with Crippen molar-refractivity contribution in [3.8, 4) is 0 Å². The molecule has 2 aliphatic heterocycles. The Labute approximate surface area is 189 Å². The number of unbranched alkanes of at least 4 members (excludes halogenated alkanes) is 1. The molecule has 0 unspecified atom stereocenters. The normalized spacial score (nSPS) is 18.7. The van der Waals surface area contributed by atoms with Gasteiger partial charge in [-0.1, -0.05) is 25.5 Å². The van der Waals surface area contributed by atoms with Gasteiger partial charge in [0.05, 0.1) is 30.3 Å². The van der Waals surface area contributed by atoms with Gasteiger partial charge in [0.15, 0.2) is 0 Å². The maximum atomic E-state index is 13.5. The summed E-state index contributed by atoms with van der Waals surface area (Å²) in [6.45, 7) is 5.26. The number of benzene rings is 1. The number of hydrogen-bond acceptors (Lipinski definition) is 6. The van der Waals surface area contributed by atoms with Crippen molar-refractivity contribution in [2.45, 2.75) is 70.1 Å². The molecule has 32 heavy (non-hydrogen) atoms. The van der Waals surface area contributed by atoms with Gasteiger partial charge in [0.2, 0.25) is 10.0 Å². The van der Waals surface area contributed by atoms with Crippen molar-refractivity contribution in [2.24, 2.45) is 0 Å². The van der Waals surface area contributed by atoms with E-state index in [2.05, 4.69) is 13.8 Å². The number of pyridine rings is 1. The van der Waals surface area contributed by atoms with E-state index in [0.29, 0.717) is 19.6 Å². The molecular formula is C24H30N2O5S. The summed E-state index contributed by atoms with van der Waals surface area (Å²) >= 11 is 0. The fourth-order valence-corrected chi connectivity index (χ4v) is 6.15. The highest BCUT2D eigenvalue weighted by Crippen LogP contribution is 2.34. The van der Waals surface area contributed by atoms with Crippen molar-refractivity contribution in [2.75, 3.05) is 13.7 Å². The number of ether oxygens (including phenoxy) is 2. The van der Waals surface area contributed by atoms with Gasteiger partial charge in [0, 0.05) is 37.3 Å². The average molecular weight is 459 g/mol. The number of hydrogen-bond donors (Lipinski definition) is 0. The monoisotopic (exact) mass is 458 g/mol. The summed E-state index contributed by atoms with van der Waals surface area (Å²) in [7, 11) is -2.64. The maximum Gasteiger partial charge on any atom is 0.339 e. The van der Waals surface area contributed by atoms with Crippen LogP contribution in [0.5, 0.6) is 0 Å². The number of sulfonamides is 1. The zero-order valence-electron chi connectivity index (χ0n) is 18.9. The molecule has 0 aliphatic carbocycles. The number of aromatic nitrogens is 1. The molecule has 1 aromatic heterocycles. The highest BCUT2D eigenvalue weighted by atomic mass is 32.2. The van der Waals surface area contributed by atoms with E-state index < -0.39 is 16.0 Å². The third-order valence-corrected chi connectivity index (χ3v) is 8.21. The Balaban J connectivity index is 1.73. The topological polar surface area (TPSA) is 85.8 Å². The summed E-state index contributed by atoms with van der Waals surface area (Å²) in [4.78, 5) is 17.1. The van der Waals surface area contributed by atoms with Crippen LogP contribution in [0.3, 0.4) is 0 Å². The summed E-state index contributed by atoms with van der Waals surface area (Å²) in [6.07, 6.45) is 4.58. The van der Waals surface area contributed by atoms with E-state index >= 15 is 0 Å². The number of carbonyl (C=O) groups is 1. The van der Waals surface area contributed by atoms with Crippen LogP contribution in [-0.2, 0) is 51.9 Å². The van der Waals surface area contributed by atoms with E-state index in [-0.39, 0.29) is 23.1 Å². The molecule has 0 spiro atoms. The second kappa shape index (κ2) is 9.29. The van der Waals surface area contributed by atoms with Gasteiger partial charge >= 0.3 is 5.97 Å². The van der Waals surface area contributed by atoms with Gasteiger partial charge in [-0.25, -0.2) is 13.2 Å². The molecule has 0 N–H and O–H groups in total. The Morgan fingerprint density at radius 2 is 2.03 bits per heavy atom. The van der Waals surface area contributed by atoms with E-state index in [9.17, 15) is 13.2 Å². The van der Waals surface area contributed by atoms with Crippen molar-refractivity contribution >= 4 is 16.0 Å². The van der Waals surface area contributed by atoms with E-state index in [1.165, 1.54) is 29.1 Å². The molecule has 0 saturated carbocycles. The van der Waals surface area contributed by atoms with Crippen LogP contribution >= 0.6 is 0 Å². The van der Waals surface area contributed by atoms with Crippen molar-refractivity contribution in [1.82, 2.24) is 9.29 Å². The van der Waals surface area contributed by atoms with Gasteiger partial charge in [0.1, 0.15) is 0 Å². The molecule has 2 aliphatic rings. The third kappa shape index (κ3) is 4.19. The summed E-state index contributed by atoms with van der Waals surface area (Å²) in [6, 6.07) is 6.20. The van der Waals surface area contributed by atoms with Crippen LogP contribution in [0, 0.1) is 0 Å². The minimum atomic E-state index is -3.89. The second-order valence-corrected chi connectivity index (χ2v) is 10.4. The van der Waals surface area contributed by atoms with Crippen LogP contribution < -0.4 is 0 Å². The molecule has 7 nitrogen and oxygen atoms in total. The van der Waals surface area contributed by atoms with Crippen molar-refractivity contribution < 1.29 is 22.7 Å². The molecule has 2 aromatic rings. The molecule has 0 saturated heterocycles. The smallest absolute Gasteiger partial charge is 0.339 e. The van der Waals surface area contributed by atoms with Crippen LogP contribution in [0.4, 0.5) is 0 Å². The van der Waals surface area contributed by atoms with E-state index in [4.69, 9.17) is 14.5 Å². The maximum absolute atomic E-state index is 13.5. The van der Waals surface area contributed by atoms with Crippen LogP contribution in [0.1, 0.15) is 65.1 Å². The first-order valence-electron chi connectivity index (χ1n) is 11.2. The summed E-state index contributed by atoms with van der Waals surface area (Å²) < 4.78 is 39.3. The second-order valence-electron chi connectivity index (χ2n) is 8.45. The fourth-order valence-electron chi connectivity index (χ4n) is 4.56. The standard InChI is InChI=1S/C24H30N2O5S/c1-4-5-9-21-18-13-16(2)31-15-20(18)19-14-26(12-11-22(19)25-21)32(28,29)23-10-7-6-8-17(23)24(27)30-3/h6-8,10,16H,4-5,9,11-15H2,1-3H3/t16-/m0/s1. The van der Waals surface area contributed by atoms with Crippen molar-refractivity contribution in [1.29, 1.82) is 0 Å². The van der Waals surface area contributed by atoms with Crippen LogP contribution in [0.15, 0.2) is 29.2 Å². The molecule has 4 rings (SSSR count). The average Bonchev–Trinajstić information content (AvgIpc) is 2.81. The fraction of sp³-hybridized carbons (Fsp3) is 0.500. The highest BCUT2D eigenvalue weighted by Gasteiger charge is 2.35. The lowest BCUT2D eigenvalue weighted by Crippen LogP contribution is -2.38.